The van der Waals surface area contributed by atoms with Crippen molar-refractivity contribution >= 4 is 11.6 Å². The monoisotopic (exact) mass is 271 g/mol. The molecule has 102 valence electrons. The summed E-state index contributed by atoms with van der Waals surface area (Å²) in [6.07, 6.45) is 1.97. The van der Waals surface area contributed by atoms with Crippen LogP contribution in [0.5, 0.6) is 5.75 Å². The van der Waals surface area contributed by atoms with Gasteiger partial charge >= 0.3 is 0 Å². The number of hydrogen-bond acceptors (Lipinski definition) is 3. The van der Waals surface area contributed by atoms with Crippen LogP contribution < -0.4 is 5.32 Å². The number of halogens is 1. The van der Waals surface area contributed by atoms with Gasteiger partial charge in [0.1, 0.15) is 5.75 Å². The third-order valence-corrected chi connectivity index (χ3v) is 3.33. The minimum Gasteiger partial charge on any atom is -0.506 e. The number of para-hydroxylation sites is 1. The maximum Gasteiger partial charge on any atom is 0.138 e. The first-order valence-electron chi connectivity index (χ1n) is 6.24. The van der Waals surface area contributed by atoms with Gasteiger partial charge in [0.25, 0.3) is 0 Å². The van der Waals surface area contributed by atoms with Crippen LogP contribution >= 0.6 is 11.6 Å². The lowest BCUT2D eigenvalue weighted by atomic mass is 9.89. The van der Waals surface area contributed by atoms with E-state index < -0.39 is 0 Å². The predicted octanol–water partition coefficient (Wildman–Crippen LogP) is 2.93. The van der Waals surface area contributed by atoms with E-state index in [1.54, 1.807) is 6.07 Å². The Labute approximate surface area is 114 Å². The fraction of sp³-hybridized carbons (Fsp3) is 0.571. The van der Waals surface area contributed by atoms with Gasteiger partial charge in [-0.1, -0.05) is 37.6 Å². The second-order valence-electron chi connectivity index (χ2n) is 5.35. The van der Waals surface area contributed by atoms with Gasteiger partial charge in [0.15, 0.2) is 0 Å². The van der Waals surface area contributed by atoms with Crippen molar-refractivity contribution in [3.8, 4) is 5.75 Å². The summed E-state index contributed by atoms with van der Waals surface area (Å²) >= 11 is 5.83. The van der Waals surface area contributed by atoms with Crippen molar-refractivity contribution in [2.24, 2.45) is 5.41 Å². The van der Waals surface area contributed by atoms with Crippen LogP contribution in [0.25, 0.3) is 0 Å². The molecule has 3 N–H and O–H groups in total. The van der Waals surface area contributed by atoms with Gasteiger partial charge < -0.3 is 15.5 Å². The number of phenolic OH excluding ortho intramolecular Hbond substituents is 1. The van der Waals surface area contributed by atoms with Crippen molar-refractivity contribution in [3.05, 3.63) is 28.8 Å². The van der Waals surface area contributed by atoms with Crippen molar-refractivity contribution in [1.29, 1.82) is 0 Å². The van der Waals surface area contributed by atoms with Gasteiger partial charge in [-0.2, -0.15) is 0 Å². The van der Waals surface area contributed by atoms with Gasteiger partial charge in [-0.3, -0.25) is 0 Å². The third-order valence-electron chi connectivity index (χ3n) is 3.02. The average molecular weight is 272 g/mol. The molecule has 4 heteroatoms. The molecule has 0 aromatic heterocycles. The molecule has 0 spiro atoms. The fourth-order valence-electron chi connectivity index (χ4n) is 1.70. The molecule has 0 heterocycles. The minimum absolute atomic E-state index is 0.0140. The summed E-state index contributed by atoms with van der Waals surface area (Å²) in [7, 11) is 0. The van der Waals surface area contributed by atoms with E-state index >= 15 is 0 Å². The molecule has 0 amide bonds. The van der Waals surface area contributed by atoms with Gasteiger partial charge in [-0.05, 0) is 30.9 Å². The van der Waals surface area contributed by atoms with Gasteiger partial charge in [0.2, 0.25) is 0 Å². The summed E-state index contributed by atoms with van der Waals surface area (Å²) in [4.78, 5) is 0. The second kappa shape index (κ2) is 6.98. The molecule has 0 aliphatic rings. The van der Waals surface area contributed by atoms with Crippen molar-refractivity contribution in [2.45, 2.75) is 33.2 Å². The molecule has 0 unspecified atom stereocenters. The SMILES string of the molecule is CC(C)(CO)CCCNCc1cccc(Cl)c1O. The molecule has 0 fully saturated rings. The number of aliphatic hydroxyl groups is 1. The topological polar surface area (TPSA) is 52.5 Å². The van der Waals surface area contributed by atoms with E-state index in [4.69, 9.17) is 16.7 Å². The zero-order valence-electron chi connectivity index (χ0n) is 11.0. The smallest absolute Gasteiger partial charge is 0.138 e. The molecule has 3 nitrogen and oxygen atoms in total. The Hall–Kier alpha value is -0.770. The van der Waals surface area contributed by atoms with Crippen LogP contribution in [0.15, 0.2) is 18.2 Å². The van der Waals surface area contributed by atoms with Crippen LogP contribution in [-0.4, -0.2) is 23.4 Å². The molecule has 18 heavy (non-hydrogen) atoms. The Morgan fingerprint density at radius 2 is 2.06 bits per heavy atom. The highest BCUT2D eigenvalue weighted by atomic mass is 35.5. The summed E-state index contributed by atoms with van der Waals surface area (Å²) in [5, 5.41) is 22.5. The average Bonchev–Trinajstić information content (AvgIpc) is 2.34. The van der Waals surface area contributed by atoms with E-state index in [-0.39, 0.29) is 17.8 Å². The normalized spacial score (nSPS) is 11.8. The van der Waals surface area contributed by atoms with Gasteiger partial charge in [0, 0.05) is 18.7 Å². The quantitative estimate of drug-likeness (QED) is 0.669. The fourth-order valence-corrected chi connectivity index (χ4v) is 1.89. The second-order valence-corrected chi connectivity index (χ2v) is 5.76. The minimum atomic E-state index is -0.0140. The molecule has 1 aromatic rings. The number of phenols is 1. The van der Waals surface area contributed by atoms with E-state index in [9.17, 15) is 5.11 Å². The summed E-state index contributed by atoms with van der Waals surface area (Å²) in [5.41, 5.74) is 0.795. The number of nitrogens with one attached hydrogen (secondary N) is 1. The standard InChI is InChI=1S/C14H22ClNO2/c1-14(2,10-17)7-4-8-16-9-11-5-3-6-12(15)13(11)18/h3,5-6,16-18H,4,7-10H2,1-2H3. The van der Waals surface area contributed by atoms with Crippen LogP contribution in [0.4, 0.5) is 0 Å². The van der Waals surface area contributed by atoms with E-state index in [1.165, 1.54) is 0 Å². The zero-order valence-corrected chi connectivity index (χ0v) is 11.8. The van der Waals surface area contributed by atoms with Crippen LogP contribution in [0.2, 0.25) is 5.02 Å². The van der Waals surface area contributed by atoms with Gasteiger partial charge in [0.05, 0.1) is 5.02 Å². The highest BCUT2D eigenvalue weighted by Gasteiger charge is 2.15. The summed E-state index contributed by atoms with van der Waals surface area (Å²) in [5.74, 6) is 0.155. The van der Waals surface area contributed by atoms with Gasteiger partial charge in [-0.15, -0.1) is 0 Å². The summed E-state index contributed by atoms with van der Waals surface area (Å²) in [6.45, 7) is 5.77. The number of aromatic hydroxyl groups is 1. The van der Waals surface area contributed by atoms with Crippen molar-refractivity contribution in [3.63, 3.8) is 0 Å². The maximum atomic E-state index is 9.72. The first-order chi connectivity index (χ1) is 8.46. The van der Waals surface area contributed by atoms with Crippen LogP contribution in [0.3, 0.4) is 0 Å². The highest BCUT2D eigenvalue weighted by molar-refractivity contribution is 6.32. The Balaban J connectivity index is 2.28. The van der Waals surface area contributed by atoms with Crippen LogP contribution in [0.1, 0.15) is 32.3 Å². The van der Waals surface area contributed by atoms with E-state index in [0.717, 1.165) is 24.9 Å². The van der Waals surface area contributed by atoms with Crippen LogP contribution in [0, 0.1) is 5.41 Å². The molecular weight excluding hydrogens is 250 g/mol. The molecule has 0 saturated carbocycles. The van der Waals surface area contributed by atoms with Crippen molar-refractivity contribution < 1.29 is 10.2 Å². The Morgan fingerprint density at radius 1 is 1.33 bits per heavy atom. The first-order valence-corrected chi connectivity index (χ1v) is 6.62. The summed E-state index contributed by atoms with van der Waals surface area (Å²) < 4.78 is 0. The molecule has 1 rings (SSSR count). The molecule has 0 atom stereocenters. The molecule has 1 aromatic carbocycles. The number of rotatable bonds is 7. The molecule has 0 radical (unpaired) electrons. The Bertz CT molecular complexity index is 380. The summed E-state index contributed by atoms with van der Waals surface area (Å²) in [6, 6.07) is 5.35. The van der Waals surface area contributed by atoms with Gasteiger partial charge in [-0.25, -0.2) is 0 Å². The Morgan fingerprint density at radius 3 is 2.72 bits per heavy atom. The largest absolute Gasteiger partial charge is 0.506 e. The maximum absolute atomic E-state index is 9.72. The van der Waals surface area contributed by atoms with Crippen molar-refractivity contribution in [2.75, 3.05) is 13.2 Å². The van der Waals surface area contributed by atoms with E-state index in [0.29, 0.717) is 11.6 Å². The third kappa shape index (κ3) is 4.84. The Kier molecular flexibility index (Phi) is 5.93. The molecular formula is C14H22ClNO2. The first kappa shape index (κ1) is 15.3. The lowest BCUT2D eigenvalue weighted by Gasteiger charge is -2.21. The van der Waals surface area contributed by atoms with Crippen LogP contribution in [-0.2, 0) is 6.54 Å². The zero-order chi connectivity index (χ0) is 13.6. The molecule has 0 aliphatic carbocycles. The highest BCUT2D eigenvalue weighted by Crippen LogP contribution is 2.26. The lowest BCUT2D eigenvalue weighted by Crippen LogP contribution is -2.20. The van der Waals surface area contributed by atoms with E-state index in [1.807, 2.05) is 12.1 Å². The molecule has 0 aliphatic heterocycles. The molecule has 0 saturated heterocycles. The number of hydrogen-bond donors (Lipinski definition) is 3. The predicted molar refractivity (Wildman–Crippen MR) is 74.9 cm³/mol. The van der Waals surface area contributed by atoms with Crippen molar-refractivity contribution in [1.82, 2.24) is 5.32 Å². The number of benzene rings is 1. The molecule has 0 bridgehead atoms. The number of aliphatic hydroxyl groups excluding tert-OH is 1. The lowest BCUT2D eigenvalue weighted by molar-refractivity contribution is 0.148. The van der Waals surface area contributed by atoms with E-state index in [2.05, 4.69) is 19.2 Å².